The molecule has 21 heavy (non-hydrogen) atoms. The SMILES string of the molecule is O=C(Cc1ccccc1)NC(=S)N1CCc2ccccc21. The number of anilines is 1. The van der Waals surface area contributed by atoms with E-state index in [9.17, 15) is 4.79 Å². The first-order valence-corrected chi connectivity index (χ1v) is 7.38. The van der Waals surface area contributed by atoms with Gasteiger partial charge in [-0.05, 0) is 35.8 Å². The van der Waals surface area contributed by atoms with Crippen LogP contribution in [0.1, 0.15) is 11.1 Å². The minimum Gasteiger partial charge on any atom is -0.318 e. The van der Waals surface area contributed by atoms with E-state index in [1.54, 1.807) is 0 Å². The average Bonchev–Trinajstić information content (AvgIpc) is 2.92. The maximum atomic E-state index is 12.1. The second kappa shape index (κ2) is 6.06. The Bertz CT molecular complexity index is 670. The zero-order valence-electron chi connectivity index (χ0n) is 11.6. The van der Waals surface area contributed by atoms with Crippen LogP contribution in [0.4, 0.5) is 5.69 Å². The molecule has 0 aliphatic carbocycles. The molecule has 1 amide bonds. The number of hydrogen-bond acceptors (Lipinski definition) is 2. The number of rotatable bonds is 2. The molecule has 3 nitrogen and oxygen atoms in total. The second-order valence-corrected chi connectivity index (χ2v) is 5.43. The Labute approximate surface area is 129 Å². The Morgan fingerprint density at radius 2 is 1.81 bits per heavy atom. The number of nitrogens with one attached hydrogen (secondary N) is 1. The van der Waals surface area contributed by atoms with Crippen molar-refractivity contribution in [2.45, 2.75) is 12.8 Å². The summed E-state index contributed by atoms with van der Waals surface area (Å²) in [5, 5.41) is 3.32. The average molecular weight is 296 g/mol. The summed E-state index contributed by atoms with van der Waals surface area (Å²) in [7, 11) is 0. The van der Waals surface area contributed by atoms with Crippen LogP contribution >= 0.6 is 12.2 Å². The van der Waals surface area contributed by atoms with Crippen LogP contribution in [0, 0.1) is 0 Å². The lowest BCUT2D eigenvalue weighted by molar-refractivity contribution is -0.119. The molecular formula is C17H16N2OS. The Hall–Kier alpha value is -2.20. The van der Waals surface area contributed by atoms with E-state index < -0.39 is 0 Å². The summed E-state index contributed by atoms with van der Waals surface area (Å²) in [4.78, 5) is 14.1. The van der Waals surface area contributed by atoms with Gasteiger partial charge in [-0.15, -0.1) is 0 Å². The number of carbonyl (C=O) groups is 1. The van der Waals surface area contributed by atoms with Crippen molar-refractivity contribution in [2.75, 3.05) is 11.4 Å². The molecule has 106 valence electrons. The maximum absolute atomic E-state index is 12.1. The summed E-state index contributed by atoms with van der Waals surface area (Å²) >= 11 is 5.38. The first-order chi connectivity index (χ1) is 10.2. The molecule has 0 fully saturated rings. The maximum Gasteiger partial charge on any atom is 0.230 e. The number of thiocarbonyl (C=S) groups is 1. The van der Waals surface area contributed by atoms with E-state index in [2.05, 4.69) is 11.4 Å². The first-order valence-electron chi connectivity index (χ1n) is 6.97. The fourth-order valence-electron chi connectivity index (χ4n) is 2.56. The molecule has 2 aromatic carbocycles. The highest BCUT2D eigenvalue weighted by atomic mass is 32.1. The molecule has 1 N–H and O–H groups in total. The molecule has 0 spiro atoms. The molecule has 0 bridgehead atoms. The van der Waals surface area contributed by atoms with Crippen molar-refractivity contribution in [3.63, 3.8) is 0 Å². The third-order valence-electron chi connectivity index (χ3n) is 3.59. The highest BCUT2D eigenvalue weighted by Crippen LogP contribution is 2.27. The number of fused-ring (bicyclic) bond motifs is 1. The van der Waals surface area contributed by atoms with Crippen LogP contribution < -0.4 is 10.2 Å². The van der Waals surface area contributed by atoms with Crippen LogP contribution in [0.5, 0.6) is 0 Å². The zero-order chi connectivity index (χ0) is 14.7. The Balaban J connectivity index is 1.64. The van der Waals surface area contributed by atoms with Crippen LogP contribution in [0.15, 0.2) is 54.6 Å². The second-order valence-electron chi connectivity index (χ2n) is 5.05. The number of amides is 1. The van der Waals surface area contributed by atoms with E-state index in [0.29, 0.717) is 11.5 Å². The lowest BCUT2D eigenvalue weighted by Crippen LogP contribution is -2.42. The monoisotopic (exact) mass is 296 g/mol. The van der Waals surface area contributed by atoms with Crippen molar-refractivity contribution in [1.82, 2.24) is 5.32 Å². The predicted molar refractivity (Wildman–Crippen MR) is 88.4 cm³/mol. The van der Waals surface area contributed by atoms with Crippen LogP contribution in [0.25, 0.3) is 0 Å². The summed E-state index contributed by atoms with van der Waals surface area (Å²) < 4.78 is 0. The smallest absolute Gasteiger partial charge is 0.230 e. The van der Waals surface area contributed by atoms with Crippen LogP contribution in [-0.2, 0) is 17.6 Å². The molecule has 0 saturated heterocycles. The van der Waals surface area contributed by atoms with Crippen molar-refractivity contribution < 1.29 is 4.79 Å². The lowest BCUT2D eigenvalue weighted by Gasteiger charge is -2.20. The molecule has 1 aliphatic rings. The van der Waals surface area contributed by atoms with Gasteiger partial charge in [0.25, 0.3) is 0 Å². The van der Waals surface area contributed by atoms with Crippen molar-refractivity contribution in [2.24, 2.45) is 0 Å². The summed E-state index contributed by atoms with van der Waals surface area (Å²) in [5.41, 5.74) is 3.36. The number of hydrogen-bond donors (Lipinski definition) is 1. The molecule has 0 saturated carbocycles. The molecule has 0 unspecified atom stereocenters. The van der Waals surface area contributed by atoms with E-state index in [-0.39, 0.29) is 5.91 Å². The summed E-state index contributed by atoms with van der Waals surface area (Å²) in [6.07, 6.45) is 1.31. The number of benzene rings is 2. The third-order valence-corrected chi connectivity index (χ3v) is 3.91. The Morgan fingerprint density at radius 3 is 2.62 bits per heavy atom. The van der Waals surface area contributed by atoms with Crippen LogP contribution in [0.3, 0.4) is 0 Å². The topological polar surface area (TPSA) is 32.3 Å². The van der Waals surface area contributed by atoms with Gasteiger partial charge in [-0.3, -0.25) is 4.79 Å². The van der Waals surface area contributed by atoms with Gasteiger partial charge in [0.2, 0.25) is 5.91 Å². The first kappa shape index (κ1) is 13.8. The van der Waals surface area contributed by atoms with E-state index in [4.69, 9.17) is 12.2 Å². The number of para-hydroxylation sites is 1. The minimum absolute atomic E-state index is 0.0735. The normalized spacial score (nSPS) is 12.9. The van der Waals surface area contributed by atoms with Gasteiger partial charge in [0.15, 0.2) is 5.11 Å². The van der Waals surface area contributed by atoms with Gasteiger partial charge in [0.05, 0.1) is 6.42 Å². The standard InChI is InChI=1S/C17H16N2OS/c20-16(12-13-6-2-1-3-7-13)18-17(21)19-11-10-14-8-4-5-9-15(14)19/h1-9H,10-12H2,(H,18,20,21). The van der Waals surface area contributed by atoms with E-state index >= 15 is 0 Å². The summed E-state index contributed by atoms with van der Waals surface area (Å²) in [6.45, 7) is 0.823. The van der Waals surface area contributed by atoms with Gasteiger partial charge in [-0.1, -0.05) is 48.5 Å². The predicted octanol–water partition coefficient (Wildman–Crippen LogP) is 2.69. The Morgan fingerprint density at radius 1 is 1.10 bits per heavy atom. The summed E-state index contributed by atoms with van der Waals surface area (Å²) in [5.74, 6) is -0.0735. The minimum atomic E-state index is -0.0735. The van der Waals surface area contributed by atoms with Gasteiger partial charge >= 0.3 is 0 Å². The van der Waals surface area contributed by atoms with E-state index in [1.165, 1.54) is 5.56 Å². The number of carbonyl (C=O) groups excluding carboxylic acids is 1. The van der Waals surface area contributed by atoms with Crippen molar-refractivity contribution >= 4 is 28.9 Å². The van der Waals surface area contributed by atoms with Crippen LogP contribution in [-0.4, -0.2) is 17.6 Å². The summed E-state index contributed by atoms with van der Waals surface area (Å²) in [6, 6.07) is 17.8. The zero-order valence-corrected chi connectivity index (χ0v) is 12.4. The fraction of sp³-hybridized carbons (Fsp3) is 0.176. The molecule has 1 heterocycles. The highest BCUT2D eigenvalue weighted by Gasteiger charge is 2.22. The largest absolute Gasteiger partial charge is 0.318 e. The molecule has 4 heteroatoms. The van der Waals surface area contributed by atoms with Gasteiger partial charge in [-0.2, -0.15) is 0 Å². The molecule has 0 aromatic heterocycles. The van der Waals surface area contributed by atoms with E-state index in [1.807, 2.05) is 53.4 Å². The highest BCUT2D eigenvalue weighted by molar-refractivity contribution is 7.80. The molecular weight excluding hydrogens is 280 g/mol. The van der Waals surface area contributed by atoms with Crippen LogP contribution in [0.2, 0.25) is 0 Å². The lowest BCUT2D eigenvalue weighted by atomic mass is 10.1. The van der Waals surface area contributed by atoms with Gasteiger partial charge in [0.1, 0.15) is 0 Å². The molecule has 2 aromatic rings. The fourth-order valence-corrected chi connectivity index (χ4v) is 2.86. The van der Waals surface area contributed by atoms with Crippen molar-refractivity contribution in [1.29, 1.82) is 0 Å². The quantitative estimate of drug-likeness (QED) is 0.865. The molecule has 1 aliphatic heterocycles. The van der Waals surface area contributed by atoms with E-state index in [0.717, 1.165) is 24.2 Å². The Kier molecular flexibility index (Phi) is 3.97. The van der Waals surface area contributed by atoms with Gasteiger partial charge in [0, 0.05) is 12.2 Å². The molecule has 0 radical (unpaired) electrons. The van der Waals surface area contributed by atoms with Crippen molar-refractivity contribution in [3.05, 3.63) is 65.7 Å². The van der Waals surface area contributed by atoms with Gasteiger partial charge in [-0.25, -0.2) is 0 Å². The molecule has 3 rings (SSSR count). The van der Waals surface area contributed by atoms with Crippen molar-refractivity contribution in [3.8, 4) is 0 Å². The number of nitrogens with zero attached hydrogens (tertiary/aromatic N) is 1. The third kappa shape index (κ3) is 3.11. The van der Waals surface area contributed by atoms with Gasteiger partial charge < -0.3 is 10.2 Å². The molecule has 0 atom stereocenters.